The van der Waals surface area contributed by atoms with E-state index >= 15 is 0 Å². The highest BCUT2D eigenvalue weighted by atomic mass is 32.1. The molecule has 4 rings (SSSR count). The fraction of sp³-hybridized carbons (Fsp3) is 0.125. The molecule has 7 heteroatoms. The largest absolute Gasteiger partial charge is 0.339 e. The van der Waals surface area contributed by atoms with Crippen LogP contribution in [0.5, 0.6) is 0 Å². The van der Waals surface area contributed by atoms with E-state index in [-0.39, 0.29) is 12.1 Å². The maximum absolute atomic E-state index is 12.3. The number of fused-ring (bicyclic) bond motifs is 1. The SMILES string of the molecule is O=c1c2ccsc2ncn1Cc1noc(Cc2ccccc2)n1. The first-order valence-electron chi connectivity index (χ1n) is 7.07. The van der Waals surface area contributed by atoms with Gasteiger partial charge in [0.1, 0.15) is 4.83 Å². The van der Waals surface area contributed by atoms with Crippen LogP contribution in [0, 0.1) is 0 Å². The lowest BCUT2D eigenvalue weighted by molar-refractivity contribution is 0.378. The highest BCUT2D eigenvalue weighted by Crippen LogP contribution is 2.13. The van der Waals surface area contributed by atoms with Crippen molar-refractivity contribution < 1.29 is 4.52 Å². The summed E-state index contributed by atoms with van der Waals surface area (Å²) in [6, 6.07) is 11.7. The fourth-order valence-corrected chi connectivity index (χ4v) is 3.08. The maximum atomic E-state index is 12.3. The Morgan fingerprint density at radius 1 is 1.17 bits per heavy atom. The zero-order valence-corrected chi connectivity index (χ0v) is 12.9. The first-order valence-corrected chi connectivity index (χ1v) is 7.95. The summed E-state index contributed by atoms with van der Waals surface area (Å²) in [6.07, 6.45) is 2.10. The van der Waals surface area contributed by atoms with Crippen LogP contribution in [0.25, 0.3) is 10.2 Å². The Bertz CT molecular complexity index is 1000. The van der Waals surface area contributed by atoms with Crippen LogP contribution in [-0.2, 0) is 13.0 Å². The molecular formula is C16H12N4O2S. The number of aromatic nitrogens is 4. The van der Waals surface area contributed by atoms with Crippen LogP contribution in [0.2, 0.25) is 0 Å². The average molecular weight is 324 g/mol. The lowest BCUT2D eigenvalue weighted by Crippen LogP contribution is -2.21. The molecule has 0 amide bonds. The fourth-order valence-electron chi connectivity index (χ4n) is 2.35. The molecule has 4 aromatic rings. The van der Waals surface area contributed by atoms with Crippen molar-refractivity contribution in [3.63, 3.8) is 0 Å². The molecule has 0 aliphatic heterocycles. The highest BCUT2D eigenvalue weighted by molar-refractivity contribution is 7.16. The number of benzene rings is 1. The minimum absolute atomic E-state index is 0.0920. The van der Waals surface area contributed by atoms with E-state index in [0.29, 0.717) is 23.5 Å². The molecule has 3 aromatic heterocycles. The van der Waals surface area contributed by atoms with E-state index in [2.05, 4.69) is 15.1 Å². The van der Waals surface area contributed by atoms with E-state index in [4.69, 9.17) is 4.52 Å². The summed E-state index contributed by atoms with van der Waals surface area (Å²) in [7, 11) is 0. The van der Waals surface area contributed by atoms with Gasteiger partial charge in [-0.25, -0.2) is 4.98 Å². The van der Waals surface area contributed by atoms with Crippen molar-refractivity contribution in [2.45, 2.75) is 13.0 Å². The highest BCUT2D eigenvalue weighted by Gasteiger charge is 2.10. The molecule has 0 aliphatic rings. The van der Waals surface area contributed by atoms with E-state index in [0.717, 1.165) is 10.4 Å². The summed E-state index contributed by atoms with van der Waals surface area (Å²) in [5, 5.41) is 6.42. The smallest absolute Gasteiger partial charge is 0.262 e. The van der Waals surface area contributed by atoms with Gasteiger partial charge in [0.25, 0.3) is 5.56 Å². The molecule has 0 spiro atoms. The van der Waals surface area contributed by atoms with Gasteiger partial charge in [0, 0.05) is 0 Å². The van der Waals surface area contributed by atoms with Crippen molar-refractivity contribution in [1.82, 2.24) is 19.7 Å². The quantitative estimate of drug-likeness (QED) is 0.576. The molecule has 0 radical (unpaired) electrons. The summed E-state index contributed by atoms with van der Waals surface area (Å²) >= 11 is 1.45. The van der Waals surface area contributed by atoms with Crippen LogP contribution in [0.4, 0.5) is 0 Å². The third-order valence-corrected chi connectivity index (χ3v) is 4.29. The standard InChI is InChI=1S/C16H12N4O2S/c21-16-12-6-7-23-15(12)17-10-20(16)9-13-18-14(22-19-13)8-11-4-2-1-3-5-11/h1-7,10H,8-9H2. The van der Waals surface area contributed by atoms with Gasteiger partial charge in [0.15, 0.2) is 5.82 Å². The van der Waals surface area contributed by atoms with Gasteiger partial charge >= 0.3 is 0 Å². The second-order valence-corrected chi connectivity index (χ2v) is 5.98. The second-order valence-electron chi connectivity index (χ2n) is 5.08. The number of hydrogen-bond acceptors (Lipinski definition) is 6. The molecule has 0 fully saturated rings. The normalized spacial score (nSPS) is 11.1. The number of nitrogens with zero attached hydrogens (tertiary/aromatic N) is 4. The van der Waals surface area contributed by atoms with E-state index < -0.39 is 0 Å². The average Bonchev–Trinajstić information content (AvgIpc) is 3.21. The Labute approximate surface area is 135 Å². The van der Waals surface area contributed by atoms with E-state index in [1.165, 1.54) is 22.2 Å². The first-order chi connectivity index (χ1) is 11.3. The predicted octanol–water partition coefficient (Wildman–Crippen LogP) is 2.48. The number of rotatable bonds is 4. The van der Waals surface area contributed by atoms with Gasteiger partial charge < -0.3 is 4.52 Å². The molecule has 0 unspecified atom stereocenters. The summed E-state index contributed by atoms with van der Waals surface area (Å²) in [4.78, 5) is 21.7. The Morgan fingerprint density at radius 3 is 2.91 bits per heavy atom. The van der Waals surface area contributed by atoms with Crippen molar-refractivity contribution in [1.29, 1.82) is 0 Å². The number of thiophene rings is 1. The first kappa shape index (κ1) is 13.8. The Hall–Kier alpha value is -2.80. The van der Waals surface area contributed by atoms with Crippen molar-refractivity contribution in [3.05, 3.63) is 75.7 Å². The summed E-state index contributed by atoms with van der Waals surface area (Å²) in [5.41, 5.74) is 1.01. The Balaban J connectivity index is 1.57. The minimum Gasteiger partial charge on any atom is -0.339 e. The molecule has 0 atom stereocenters. The van der Waals surface area contributed by atoms with Crippen molar-refractivity contribution in [2.24, 2.45) is 0 Å². The molecule has 114 valence electrons. The van der Waals surface area contributed by atoms with Crippen LogP contribution in [-0.4, -0.2) is 19.7 Å². The second kappa shape index (κ2) is 5.77. The summed E-state index contributed by atoms with van der Waals surface area (Å²) in [6.45, 7) is 0.246. The molecule has 0 N–H and O–H groups in total. The van der Waals surface area contributed by atoms with E-state index in [1.54, 1.807) is 6.07 Å². The van der Waals surface area contributed by atoms with Gasteiger partial charge in [-0.15, -0.1) is 11.3 Å². The van der Waals surface area contributed by atoms with Gasteiger partial charge in [0.05, 0.1) is 24.7 Å². The van der Waals surface area contributed by atoms with Crippen LogP contribution >= 0.6 is 11.3 Å². The molecule has 1 aromatic carbocycles. The van der Waals surface area contributed by atoms with Crippen LogP contribution in [0.15, 0.2) is 57.4 Å². The van der Waals surface area contributed by atoms with E-state index in [9.17, 15) is 4.79 Å². The molecule has 23 heavy (non-hydrogen) atoms. The lowest BCUT2D eigenvalue weighted by atomic mass is 10.1. The Morgan fingerprint density at radius 2 is 2.04 bits per heavy atom. The molecule has 0 saturated heterocycles. The maximum Gasteiger partial charge on any atom is 0.262 e. The van der Waals surface area contributed by atoms with Crippen molar-refractivity contribution >= 4 is 21.6 Å². The number of hydrogen-bond donors (Lipinski definition) is 0. The van der Waals surface area contributed by atoms with Crippen LogP contribution < -0.4 is 5.56 Å². The van der Waals surface area contributed by atoms with Crippen molar-refractivity contribution in [2.75, 3.05) is 0 Å². The third kappa shape index (κ3) is 2.78. The minimum atomic E-state index is -0.0920. The molecular weight excluding hydrogens is 312 g/mol. The molecule has 0 aliphatic carbocycles. The Kier molecular flexibility index (Phi) is 3.47. The predicted molar refractivity (Wildman–Crippen MR) is 86.5 cm³/mol. The molecule has 0 bridgehead atoms. The summed E-state index contributed by atoms with van der Waals surface area (Å²) in [5.74, 6) is 0.998. The molecule has 3 heterocycles. The summed E-state index contributed by atoms with van der Waals surface area (Å²) < 4.78 is 6.75. The monoisotopic (exact) mass is 324 g/mol. The van der Waals surface area contributed by atoms with Crippen LogP contribution in [0.1, 0.15) is 17.3 Å². The molecule has 6 nitrogen and oxygen atoms in total. The van der Waals surface area contributed by atoms with Gasteiger partial charge in [-0.05, 0) is 17.0 Å². The van der Waals surface area contributed by atoms with Gasteiger partial charge in [-0.1, -0.05) is 35.5 Å². The topological polar surface area (TPSA) is 73.8 Å². The zero-order chi connectivity index (χ0) is 15.6. The van der Waals surface area contributed by atoms with Crippen molar-refractivity contribution in [3.8, 4) is 0 Å². The van der Waals surface area contributed by atoms with E-state index in [1.807, 2.05) is 35.7 Å². The lowest BCUT2D eigenvalue weighted by Gasteiger charge is -2.00. The zero-order valence-electron chi connectivity index (χ0n) is 12.0. The van der Waals surface area contributed by atoms with Gasteiger partial charge in [-0.2, -0.15) is 4.98 Å². The molecule has 0 saturated carbocycles. The van der Waals surface area contributed by atoms with Gasteiger partial charge in [0.2, 0.25) is 5.89 Å². The van der Waals surface area contributed by atoms with Crippen LogP contribution in [0.3, 0.4) is 0 Å². The van der Waals surface area contributed by atoms with Gasteiger partial charge in [-0.3, -0.25) is 9.36 Å². The third-order valence-electron chi connectivity index (χ3n) is 3.47.